The molecule has 1 saturated carbocycles. The molecule has 0 aromatic heterocycles. The Hall–Kier alpha value is -0.0400. The molecule has 0 aromatic carbocycles. The summed E-state index contributed by atoms with van der Waals surface area (Å²) in [5.74, 6) is 3.91. The van der Waals surface area contributed by atoms with E-state index in [0.717, 1.165) is 23.7 Å². The maximum absolute atomic E-state index is 2.49. The molecule has 1 aliphatic rings. The molecule has 0 spiro atoms. The molecule has 1 aliphatic carbocycles. The van der Waals surface area contributed by atoms with Crippen LogP contribution in [0.25, 0.3) is 0 Å². The highest BCUT2D eigenvalue weighted by atomic mass is 15.3. The Morgan fingerprint density at radius 1 is 0.762 bits per heavy atom. The molecule has 126 valence electrons. The van der Waals surface area contributed by atoms with Crippen LogP contribution in [0.3, 0.4) is 0 Å². The van der Waals surface area contributed by atoms with Crippen LogP contribution in [0.2, 0.25) is 0 Å². The predicted octanol–water partition coefficient (Wildman–Crippen LogP) is 5.74. The normalized spacial score (nSPS) is 30.0. The van der Waals surface area contributed by atoms with Crippen LogP contribution in [-0.4, -0.2) is 30.7 Å². The lowest BCUT2D eigenvalue weighted by molar-refractivity contribution is -0.923. The molecule has 0 radical (unpaired) electrons. The van der Waals surface area contributed by atoms with Gasteiger partial charge in [0.05, 0.1) is 26.2 Å². The van der Waals surface area contributed by atoms with Gasteiger partial charge in [-0.2, -0.15) is 0 Å². The van der Waals surface area contributed by atoms with Crippen molar-refractivity contribution in [1.29, 1.82) is 0 Å². The van der Waals surface area contributed by atoms with E-state index >= 15 is 0 Å². The summed E-state index contributed by atoms with van der Waals surface area (Å²) in [6.07, 6.45) is 8.77. The van der Waals surface area contributed by atoms with Crippen LogP contribution < -0.4 is 0 Å². The summed E-state index contributed by atoms with van der Waals surface area (Å²) >= 11 is 0. The van der Waals surface area contributed by atoms with Gasteiger partial charge in [-0.15, -0.1) is 0 Å². The summed E-state index contributed by atoms with van der Waals surface area (Å²) in [7, 11) is 0. The zero-order chi connectivity index (χ0) is 15.9. The van der Waals surface area contributed by atoms with Gasteiger partial charge >= 0.3 is 0 Å². The highest BCUT2D eigenvalue weighted by molar-refractivity contribution is 4.84. The molecule has 0 amide bonds. The van der Waals surface area contributed by atoms with Gasteiger partial charge in [0.1, 0.15) is 0 Å². The lowest BCUT2D eigenvalue weighted by Crippen LogP contribution is -2.48. The molecule has 1 rings (SSSR count). The molecule has 0 aromatic rings. The Kier molecular flexibility index (Phi) is 8.31. The van der Waals surface area contributed by atoms with E-state index in [4.69, 9.17) is 0 Å². The van der Waals surface area contributed by atoms with E-state index in [1.165, 1.54) is 69.2 Å². The first kappa shape index (κ1) is 19.0. The minimum atomic E-state index is 0.960. The average molecular weight is 297 g/mol. The fourth-order valence-electron chi connectivity index (χ4n) is 4.79. The molecule has 1 nitrogen and oxygen atoms in total. The first-order valence-corrected chi connectivity index (χ1v) is 9.84. The number of hydrogen-bond acceptors (Lipinski definition) is 0. The summed E-state index contributed by atoms with van der Waals surface area (Å²) in [4.78, 5) is 0. The quantitative estimate of drug-likeness (QED) is 0.356. The summed E-state index contributed by atoms with van der Waals surface area (Å²) in [5.41, 5.74) is 0. The van der Waals surface area contributed by atoms with Crippen LogP contribution in [0.1, 0.15) is 80.1 Å². The highest BCUT2D eigenvalue weighted by Gasteiger charge is 2.34. The smallest absolute Gasteiger partial charge is 0.0786 e. The second-order valence-electron chi connectivity index (χ2n) is 7.93. The van der Waals surface area contributed by atoms with Crippen LogP contribution >= 0.6 is 0 Å². The predicted molar refractivity (Wildman–Crippen MR) is 95.4 cm³/mol. The Morgan fingerprint density at radius 2 is 1.33 bits per heavy atom. The van der Waals surface area contributed by atoms with Crippen molar-refractivity contribution in [3.8, 4) is 0 Å². The fraction of sp³-hybridized carbons (Fsp3) is 1.00. The van der Waals surface area contributed by atoms with Gasteiger partial charge in [0, 0.05) is 0 Å². The van der Waals surface area contributed by atoms with Crippen LogP contribution in [0, 0.1) is 23.7 Å². The monoisotopic (exact) mass is 296 g/mol. The molecule has 0 bridgehead atoms. The summed E-state index contributed by atoms with van der Waals surface area (Å²) < 4.78 is 1.33. The SMILES string of the molecule is CC[N+](CC)(CC)CCCCCCC1C(C)CC(C)C1C. The van der Waals surface area contributed by atoms with Crippen molar-refractivity contribution in [2.75, 3.05) is 26.2 Å². The van der Waals surface area contributed by atoms with E-state index in [1.807, 2.05) is 0 Å². The molecule has 0 heterocycles. The topological polar surface area (TPSA) is 0 Å². The summed E-state index contributed by atoms with van der Waals surface area (Å²) in [6.45, 7) is 19.8. The Balaban J connectivity index is 2.15. The van der Waals surface area contributed by atoms with Gasteiger partial charge in [-0.1, -0.05) is 33.6 Å². The molecule has 4 unspecified atom stereocenters. The third kappa shape index (κ3) is 5.27. The van der Waals surface area contributed by atoms with E-state index < -0.39 is 0 Å². The van der Waals surface area contributed by atoms with Crippen LogP contribution in [0.15, 0.2) is 0 Å². The largest absolute Gasteiger partial charge is 0.324 e. The van der Waals surface area contributed by atoms with Gasteiger partial charge in [-0.05, 0) is 70.1 Å². The van der Waals surface area contributed by atoms with Gasteiger partial charge in [0.15, 0.2) is 0 Å². The van der Waals surface area contributed by atoms with E-state index in [0.29, 0.717) is 0 Å². The van der Waals surface area contributed by atoms with Crippen molar-refractivity contribution in [1.82, 2.24) is 0 Å². The standard InChI is InChI=1S/C20H42N/c1-7-21(8-2,9-3)15-13-11-10-12-14-20-18(5)16-17(4)19(20)6/h17-20H,7-16H2,1-6H3/q+1. The molecule has 0 saturated heterocycles. The van der Waals surface area contributed by atoms with Crippen molar-refractivity contribution in [2.45, 2.75) is 80.1 Å². The molecule has 21 heavy (non-hydrogen) atoms. The lowest BCUT2D eigenvalue weighted by atomic mass is 9.85. The molecule has 1 fully saturated rings. The molecular formula is C20H42N+. The number of hydrogen-bond donors (Lipinski definition) is 0. The lowest BCUT2D eigenvalue weighted by Gasteiger charge is -2.35. The van der Waals surface area contributed by atoms with Crippen molar-refractivity contribution in [2.24, 2.45) is 23.7 Å². The van der Waals surface area contributed by atoms with E-state index in [-0.39, 0.29) is 0 Å². The van der Waals surface area contributed by atoms with E-state index in [2.05, 4.69) is 41.5 Å². The Labute approximate surface area is 135 Å². The van der Waals surface area contributed by atoms with Crippen molar-refractivity contribution in [3.05, 3.63) is 0 Å². The van der Waals surface area contributed by atoms with E-state index in [1.54, 1.807) is 0 Å². The van der Waals surface area contributed by atoms with Gasteiger partial charge in [0.2, 0.25) is 0 Å². The number of quaternary nitrogens is 1. The molecular weight excluding hydrogens is 254 g/mol. The molecule has 0 N–H and O–H groups in total. The zero-order valence-electron chi connectivity index (χ0n) is 15.8. The molecule has 0 aliphatic heterocycles. The third-order valence-corrected chi connectivity index (χ3v) is 6.98. The van der Waals surface area contributed by atoms with Crippen LogP contribution in [0.5, 0.6) is 0 Å². The highest BCUT2D eigenvalue weighted by Crippen LogP contribution is 2.43. The first-order valence-electron chi connectivity index (χ1n) is 9.84. The van der Waals surface area contributed by atoms with Crippen molar-refractivity contribution < 1.29 is 4.48 Å². The first-order chi connectivity index (χ1) is 9.99. The van der Waals surface area contributed by atoms with Gasteiger partial charge in [0.25, 0.3) is 0 Å². The number of rotatable bonds is 10. The van der Waals surface area contributed by atoms with Crippen molar-refractivity contribution in [3.63, 3.8) is 0 Å². The minimum Gasteiger partial charge on any atom is -0.324 e. The summed E-state index contributed by atoms with van der Waals surface area (Å²) in [6, 6.07) is 0. The van der Waals surface area contributed by atoms with Crippen LogP contribution in [0.4, 0.5) is 0 Å². The number of unbranched alkanes of at least 4 members (excludes halogenated alkanes) is 3. The summed E-state index contributed by atoms with van der Waals surface area (Å²) in [5, 5.41) is 0. The molecule has 1 heteroatoms. The third-order valence-electron chi connectivity index (χ3n) is 6.98. The second-order valence-corrected chi connectivity index (χ2v) is 7.93. The van der Waals surface area contributed by atoms with Gasteiger partial charge < -0.3 is 4.48 Å². The maximum Gasteiger partial charge on any atom is 0.0786 e. The Morgan fingerprint density at radius 3 is 1.81 bits per heavy atom. The molecule has 4 atom stereocenters. The van der Waals surface area contributed by atoms with Gasteiger partial charge in [-0.3, -0.25) is 0 Å². The average Bonchev–Trinajstić information content (AvgIpc) is 2.73. The van der Waals surface area contributed by atoms with Gasteiger partial charge in [-0.25, -0.2) is 0 Å². The Bertz CT molecular complexity index is 261. The van der Waals surface area contributed by atoms with Crippen molar-refractivity contribution >= 4 is 0 Å². The zero-order valence-corrected chi connectivity index (χ0v) is 15.8. The second kappa shape index (κ2) is 9.18. The van der Waals surface area contributed by atoms with E-state index in [9.17, 15) is 0 Å². The number of nitrogens with zero attached hydrogens (tertiary/aromatic N) is 1. The van der Waals surface area contributed by atoms with Crippen LogP contribution in [-0.2, 0) is 0 Å². The fourth-order valence-corrected chi connectivity index (χ4v) is 4.79. The maximum atomic E-state index is 2.49. The minimum absolute atomic E-state index is 0.960.